The van der Waals surface area contributed by atoms with Crippen LogP contribution in [0.2, 0.25) is 20.1 Å². The van der Waals surface area contributed by atoms with E-state index < -0.39 is 0 Å². The normalized spacial score (nSPS) is 10.2. The monoisotopic (exact) mass is 315 g/mol. The molecule has 0 spiro atoms. The predicted molar refractivity (Wildman–Crippen MR) is 76.6 cm³/mol. The molecule has 90 valence electrons. The van der Waals surface area contributed by atoms with Crippen LogP contribution in [0.4, 0.5) is 0 Å². The number of nitriles is 1. The van der Waals surface area contributed by atoms with Crippen molar-refractivity contribution in [2.45, 2.75) is 0 Å². The fourth-order valence-corrected chi connectivity index (χ4v) is 2.89. The molecule has 0 radical (unpaired) electrons. The van der Waals surface area contributed by atoms with Crippen molar-refractivity contribution in [1.82, 2.24) is 0 Å². The van der Waals surface area contributed by atoms with Crippen LogP contribution in [0.1, 0.15) is 5.56 Å². The summed E-state index contributed by atoms with van der Waals surface area (Å²) < 4.78 is 0. The fraction of sp³-hybridized carbons (Fsp3) is 0. The molecule has 0 atom stereocenters. The molecular formula is C13H5Cl4N. The predicted octanol–water partition coefficient (Wildman–Crippen LogP) is 5.84. The Labute approximate surface area is 124 Å². The zero-order valence-electron chi connectivity index (χ0n) is 8.85. The summed E-state index contributed by atoms with van der Waals surface area (Å²) in [6.45, 7) is 0. The van der Waals surface area contributed by atoms with Gasteiger partial charge in [0.2, 0.25) is 0 Å². The van der Waals surface area contributed by atoms with Crippen LogP contribution < -0.4 is 0 Å². The largest absolute Gasteiger partial charge is 0.192 e. The Morgan fingerprint density at radius 1 is 0.944 bits per heavy atom. The summed E-state index contributed by atoms with van der Waals surface area (Å²) in [5.74, 6) is 0. The van der Waals surface area contributed by atoms with Crippen molar-refractivity contribution in [3.63, 3.8) is 0 Å². The first-order valence-corrected chi connectivity index (χ1v) is 6.39. The maximum absolute atomic E-state index is 8.95. The molecule has 0 unspecified atom stereocenters. The average Bonchev–Trinajstić information content (AvgIpc) is 2.30. The van der Waals surface area contributed by atoms with Gasteiger partial charge in [-0.05, 0) is 18.2 Å². The van der Waals surface area contributed by atoms with Crippen LogP contribution in [0.25, 0.3) is 11.1 Å². The van der Waals surface area contributed by atoms with Crippen molar-refractivity contribution in [2.75, 3.05) is 0 Å². The lowest BCUT2D eigenvalue weighted by atomic mass is 10.0. The standard InChI is InChI=1S/C13H5Cl4N/c14-8-4-10(15)12(11(16)5-8)9-3-1-2-7(6-18)13(9)17/h1-5H. The minimum atomic E-state index is 0.325. The van der Waals surface area contributed by atoms with Crippen molar-refractivity contribution >= 4 is 46.4 Å². The summed E-state index contributed by atoms with van der Waals surface area (Å²) >= 11 is 24.3. The number of nitrogens with zero attached hydrogens (tertiary/aromatic N) is 1. The van der Waals surface area contributed by atoms with Gasteiger partial charge < -0.3 is 0 Å². The van der Waals surface area contributed by atoms with Crippen LogP contribution in [0, 0.1) is 11.3 Å². The Kier molecular flexibility index (Phi) is 4.04. The maximum Gasteiger partial charge on any atom is 0.101 e. The molecule has 0 N–H and O–H groups in total. The van der Waals surface area contributed by atoms with E-state index in [9.17, 15) is 0 Å². The van der Waals surface area contributed by atoms with Crippen LogP contribution >= 0.6 is 46.4 Å². The average molecular weight is 317 g/mol. The molecule has 0 aromatic heterocycles. The Hall–Kier alpha value is -0.910. The summed E-state index contributed by atoms with van der Waals surface area (Å²) in [5, 5.41) is 10.5. The zero-order chi connectivity index (χ0) is 13.3. The molecular weight excluding hydrogens is 312 g/mol. The lowest BCUT2D eigenvalue weighted by molar-refractivity contribution is 1.48. The third-order valence-electron chi connectivity index (χ3n) is 2.40. The summed E-state index contributed by atoms with van der Waals surface area (Å²) in [6, 6.07) is 10.3. The second-order valence-electron chi connectivity index (χ2n) is 3.52. The van der Waals surface area contributed by atoms with Crippen molar-refractivity contribution in [3.8, 4) is 17.2 Å². The lowest BCUT2D eigenvalue weighted by Crippen LogP contribution is -1.86. The second kappa shape index (κ2) is 5.38. The van der Waals surface area contributed by atoms with Gasteiger partial charge in [0, 0.05) is 16.1 Å². The molecule has 0 heterocycles. The number of hydrogen-bond acceptors (Lipinski definition) is 1. The van der Waals surface area contributed by atoms with E-state index >= 15 is 0 Å². The molecule has 18 heavy (non-hydrogen) atoms. The second-order valence-corrected chi connectivity index (χ2v) is 5.15. The minimum absolute atomic E-state index is 0.325. The van der Waals surface area contributed by atoms with Gasteiger partial charge in [-0.2, -0.15) is 5.26 Å². The molecule has 0 aliphatic rings. The molecule has 0 aliphatic heterocycles. The van der Waals surface area contributed by atoms with Crippen molar-refractivity contribution in [2.24, 2.45) is 0 Å². The van der Waals surface area contributed by atoms with Gasteiger partial charge in [0.15, 0.2) is 0 Å². The molecule has 2 rings (SSSR count). The Morgan fingerprint density at radius 2 is 1.56 bits per heavy atom. The highest BCUT2D eigenvalue weighted by Crippen LogP contribution is 2.41. The summed E-state index contributed by atoms with van der Waals surface area (Å²) in [5.41, 5.74) is 1.56. The summed E-state index contributed by atoms with van der Waals surface area (Å²) in [7, 11) is 0. The quantitative estimate of drug-likeness (QED) is 0.648. The molecule has 1 nitrogen and oxygen atoms in total. The van der Waals surface area contributed by atoms with Crippen LogP contribution in [0.15, 0.2) is 30.3 Å². The first-order valence-electron chi connectivity index (χ1n) is 4.88. The molecule has 5 heteroatoms. The molecule has 0 bridgehead atoms. The smallest absolute Gasteiger partial charge is 0.101 e. The van der Waals surface area contributed by atoms with Crippen molar-refractivity contribution in [1.29, 1.82) is 5.26 Å². The molecule has 0 saturated heterocycles. The van der Waals surface area contributed by atoms with E-state index in [2.05, 4.69) is 0 Å². The molecule has 0 saturated carbocycles. The number of hydrogen-bond donors (Lipinski definition) is 0. The Morgan fingerprint density at radius 3 is 2.11 bits per heavy atom. The van der Waals surface area contributed by atoms with Gasteiger partial charge in [-0.15, -0.1) is 0 Å². The zero-order valence-corrected chi connectivity index (χ0v) is 11.9. The number of halogens is 4. The van der Waals surface area contributed by atoms with Crippen molar-refractivity contribution in [3.05, 3.63) is 56.0 Å². The third-order valence-corrected chi connectivity index (χ3v) is 3.62. The highest BCUT2D eigenvalue weighted by Gasteiger charge is 2.15. The van der Waals surface area contributed by atoms with E-state index in [0.29, 0.717) is 36.8 Å². The molecule has 0 aliphatic carbocycles. The first kappa shape index (κ1) is 13.5. The van der Waals surface area contributed by atoms with Gasteiger partial charge in [-0.3, -0.25) is 0 Å². The van der Waals surface area contributed by atoms with E-state index in [-0.39, 0.29) is 0 Å². The van der Waals surface area contributed by atoms with E-state index in [1.165, 1.54) is 0 Å². The first-order chi connectivity index (χ1) is 8.54. The van der Waals surface area contributed by atoms with E-state index in [1.54, 1.807) is 30.3 Å². The number of benzene rings is 2. The van der Waals surface area contributed by atoms with Gasteiger partial charge in [-0.25, -0.2) is 0 Å². The van der Waals surface area contributed by atoms with Crippen LogP contribution in [0.3, 0.4) is 0 Å². The Balaban J connectivity index is 2.75. The van der Waals surface area contributed by atoms with E-state index in [1.807, 2.05) is 6.07 Å². The Bertz CT molecular complexity index is 636. The third kappa shape index (κ3) is 2.43. The van der Waals surface area contributed by atoms with Gasteiger partial charge >= 0.3 is 0 Å². The highest BCUT2D eigenvalue weighted by molar-refractivity contribution is 6.43. The van der Waals surface area contributed by atoms with E-state index in [0.717, 1.165) is 0 Å². The van der Waals surface area contributed by atoms with Gasteiger partial charge in [0.1, 0.15) is 6.07 Å². The molecule has 0 fully saturated rings. The van der Waals surface area contributed by atoms with E-state index in [4.69, 9.17) is 51.7 Å². The van der Waals surface area contributed by atoms with Crippen LogP contribution in [0.5, 0.6) is 0 Å². The molecule has 2 aromatic rings. The fourth-order valence-electron chi connectivity index (χ4n) is 1.61. The molecule has 2 aromatic carbocycles. The van der Waals surface area contributed by atoms with Gasteiger partial charge in [-0.1, -0.05) is 58.5 Å². The van der Waals surface area contributed by atoms with Crippen LogP contribution in [-0.2, 0) is 0 Å². The van der Waals surface area contributed by atoms with Crippen molar-refractivity contribution < 1.29 is 0 Å². The summed E-state index contributed by atoms with van der Waals surface area (Å²) in [6.07, 6.45) is 0. The molecule has 0 amide bonds. The topological polar surface area (TPSA) is 23.8 Å². The lowest BCUT2D eigenvalue weighted by Gasteiger charge is -2.10. The summed E-state index contributed by atoms with van der Waals surface area (Å²) in [4.78, 5) is 0. The van der Waals surface area contributed by atoms with Gasteiger partial charge in [0.05, 0.1) is 20.6 Å². The van der Waals surface area contributed by atoms with Crippen LogP contribution in [-0.4, -0.2) is 0 Å². The SMILES string of the molecule is N#Cc1cccc(-c2c(Cl)cc(Cl)cc2Cl)c1Cl. The maximum atomic E-state index is 8.95. The highest BCUT2D eigenvalue weighted by atomic mass is 35.5. The number of rotatable bonds is 1. The van der Waals surface area contributed by atoms with Gasteiger partial charge in [0.25, 0.3) is 0 Å². The minimum Gasteiger partial charge on any atom is -0.192 e.